The van der Waals surface area contributed by atoms with Crippen molar-refractivity contribution in [2.45, 2.75) is 6.92 Å². The Kier molecular flexibility index (Phi) is 2.91. The minimum absolute atomic E-state index is 0.374. The molecule has 1 aromatic carbocycles. The molecule has 0 aliphatic heterocycles. The molecule has 0 radical (unpaired) electrons. The lowest BCUT2D eigenvalue weighted by Gasteiger charge is -2.04. The van der Waals surface area contributed by atoms with Gasteiger partial charge in [-0.1, -0.05) is 0 Å². The van der Waals surface area contributed by atoms with Crippen LogP contribution in [0.25, 0.3) is 21.9 Å². The van der Waals surface area contributed by atoms with Crippen molar-refractivity contribution in [3.05, 3.63) is 41.7 Å². The Morgan fingerprint density at radius 3 is 2.44 bits per heavy atom. The molecule has 2 aromatic heterocycles. The van der Waals surface area contributed by atoms with Gasteiger partial charge in [-0.25, -0.2) is 4.79 Å². The van der Waals surface area contributed by atoms with Crippen molar-refractivity contribution in [2.24, 2.45) is 0 Å². The molecule has 0 saturated carbocycles. The molecular formula is C12H5Br3O3. The molecule has 0 fully saturated rings. The molecule has 2 heterocycles. The number of hydrogen-bond donors (Lipinski definition) is 0. The summed E-state index contributed by atoms with van der Waals surface area (Å²) < 4.78 is 13.2. The van der Waals surface area contributed by atoms with Crippen molar-refractivity contribution in [1.29, 1.82) is 0 Å². The van der Waals surface area contributed by atoms with Gasteiger partial charge in [-0.05, 0) is 60.8 Å². The van der Waals surface area contributed by atoms with E-state index >= 15 is 0 Å². The van der Waals surface area contributed by atoms with Gasteiger partial charge < -0.3 is 8.83 Å². The number of hydrogen-bond acceptors (Lipinski definition) is 3. The maximum Gasteiger partial charge on any atom is 0.336 e. The van der Waals surface area contributed by atoms with E-state index in [0.717, 1.165) is 25.3 Å². The zero-order chi connectivity index (χ0) is 13.0. The average molecular weight is 437 g/mol. The number of rotatable bonds is 0. The molecule has 3 nitrogen and oxygen atoms in total. The number of aryl methyl sites for hydroxylation is 1. The van der Waals surface area contributed by atoms with E-state index in [1.165, 1.54) is 6.07 Å². The summed E-state index contributed by atoms with van der Waals surface area (Å²) in [6.45, 7) is 1.86. The van der Waals surface area contributed by atoms with Crippen molar-refractivity contribution >= 4 is 69.7 Å². The second kappa shape index (κ2) is 4.21. The van der Waals surface area contributed by atoms with Crippen LogP contribution >= 0.6 is 47.8 Å². The van der Waals surface area contributed by atoms with Gasteiger partial charge >= 0.3 is 5.63 Å². The normalized spacial score (nSPS) is 11.6. The fourth-order valence-corrected chi connectivity index (χ4v) is 3.73. The standard InChI is InChI=1S/C12H5Br3O3/c1-4-10-5(2-3-6(16)17-10)8(13)7-9(14)12(15)18-11(4)7/h2-3H,1H3. The van der Waals surface area contributed by atoms with Crippen LogP contribution in [-0.2, 0) is 0 Å². The summed E-state index contributed by atoms with van der Waals surface area (Å²) in [5.41, 5.74) is 1.65. The van der Waals surface area contributed by atoms with E-state index in [1.807, 2.05) is 6.92 Å². The fourth-order valence-electron chi connectivity index (χ4n) is 1.95. The highest BCUT2D eigenvalue weighted by molar-refractivity contribution is 9.13. The molecule has 0 N–H and O–H groups in total. The molecule has 0 unspecified atom stereocenters. The lowest BCUT2D eigenvalue weighted by molar-refractivity contribution is 0.553. The lowest BCUT2D eigenvalue weighted by atomic mass is 10.1. The largest absolute Gasteiger partial charge is 0.448 e. The van der Waals surface area contributed by atoms with Crippen LogP contribution in [0, 0.1) is 6.92 Å². The summed E-state index contributed by atoms with van der Waals surface area (Å²) in [6, 6.07) is 3.15. The minimum atomic E-state index is -0.374. The third-order valence-electron chi connectivity index (χ3n) is 2.78. The third-order valence-corrected chi connectivity index (χ3v) is 5.45. The summed E-state index contributed by atoms with van der Waals surface area (Å²) in [7, 11) is 0. The van der Waals surface area contributed by atoms with E-state index < -0.39 is 0 Å². The Bertz CT molecular complexity index is 845. The van der Waals surface area contributed by atoms with E-state index in [9.17, 15) is 4.79 Å². The zero-order valence-corrected chi connectivity index (χ0v) is 13.8. The van der Waals surface area contributed by atoms with Crippen molar-refractivity contribution < 1.29 is 8.83 Å². The monoisotopic (exact) mass is 434 g/mol. The molecule has 0 saturated heterocycles. The van der Waals surface area contributed by atoms with Gasteiger partial charge in [0.05, 0.1) is 9.86 Å². The van der Waals surface area contributed by atoms with Gasteiger partial charge in [-0.3, -0.25) is 0 Å². The Balaban J connectivity index is 2.69. The summed E-state index contributed by atoms with van der Waals surface area (Å²) in [6.07, 6.45) is 0. The predicted octanol–water partition coefficient (Wildman–Crippen LogP) is 5.14. The zero-order valence-electron chi connectivity index (χ0n) is 9.01. The molecule has 0 amide bonds. The van der Waals surface area contributed by atoms with E-state index in [0.29, 0.717) is 15.8 Å². The van der Waals surface area contributed by atoms with Crippen LogP contribution in [0.5, 0.6) is 0 Å². The first kappa shape index (κ1) is 12.4. The van der Waals surface area contributed by atoms with E-state index in [4.69, 9.17) is 8.83 Å². The second-order valence-electron chi connectivity index (χ2n) is 3.83. The van der Waals surface area contributed by atoms with E-state index in [-0.39, 0.29) is 5.63 Å². The van der Waals surface area contributed by atoms with Gasteiger partial charge in [0.15, 0.2) is 4.67 Å². The van der Waals surface area contributed by atoms with Crippen LogP contribution in [0.4, 0.5) is 0 Å². The highest BCUT2D eigenvalue weighted by Crippen LogP contribution is 2.43. The summed E-state index contributed by atoms with van der Waals surface area (Å²) in [4.78, 5) is 11.3. The van der Waals surface area contributed by atoms with Crippen molar-refractivity contribution in [1.82, 2.24) is 0 Å². The maximum absolute atomic E-state index is 11.3. The average Bonchev–Trinajstić information content (AvgIpc) is 2.63. The number of benzene rings is 1. The van der Waals surface area contributed by atoms with Gasteiger partial charge in [0, 0.05) is 21.5 Å². The SMILES string of the molecule is Cc1c2oc(=O)ccc2c(Br)c2c(Br)c(Br)oc12. The van der Waals surface area contributed by atoms with Crippen LogP contribution in [0.1, 0.15) is 5.56 Å². The lowest BCUT2D eigenvalue weighted by Crippen LogP contribution is -1.96. The Morgan fingerprint density at radius 2 is 1.72 bits per heavy atom. The first-order valence-electron chi connectivity index (χ1n) is 5.00. The number of halogens is 3. The number of fused-ring (bicyclic) bond motifs is 2. The smallest absolute Gasteiger partial charge is 0.336 e. The molecule has 18 heavy (non-hydrogen) atoms. The van der Waals surface area contributed by atoms with Gasteiger partial charge in [0.25, 0.3) is 0 Å². The molecule has 0 spiro atoms. The van der Waals surface area contributed by atoms with Crippen molar-refractivity contribution in [3.63, 3.8) is 0 Å². The minimum Gasteiger partial charge on any atom is -0.448 e. The van der Waals surface area contributed by atoms with Gasteiger partial charge in [0.1, 0.15) is 11.2 Å². The molecule has 3 rings (SSSR count). The van der Waals surface area contributed by atoms with Gasteiger partial charge in [0.2, 0.25) is 0 Å². The molecular weight excluding hydrogens is 432 g/mol. The summed E-state index contributed by atoms with van der Waals surface area (Å²) in [5, 5.41) is 1.76. The van der Waals surface area contributed by atoms with Crippen LogP contribution in [-0.4, -0.2) is 0 Å². The van der Waals surface area contributed by atoms with Crippen LogP contribution < -0.4 is 5.63 Å². The highest BCUT2D eigenvalue weighted by Gasteiger charge is 2.19. The molecule has 6 heteroatoms. The third kappa shape index (κ3) is 1.62. The fraction of sp³-hybridized carbons (Fsp3) is 0.0833. The van der Waals surface area contributed by atoms with Crippen LogP contribution in [0.3, 0.4) is 0 Å². The maximum atomic E-state index is 11.3. The molecule has 0 aliphatic carbocycles. The first-order valence-corrected chi connectivity index (χ1v) is 7.38. The van der Waals surface area contributed by atoms with Gasteiger partial charge in [-0.15, -0.1) is 0 Å². The van der Waals surface area contributed by atoms with Crippen molar-refractivity contribution in [2.75, 3.05) is 0 Å². The molecule has 0 atom stereocenters. The van der Waals surface area contributed by atoms with Crippen LogP contribution in [0.2, 0.25) is 0 Å². The molecule has 0 bridgehead atoms. The molecule has 3 aromatic rings. The summed E-state index contributed by atoms with van der Waals surface area (Å²) >= 11 is 10.3. The van der Waals surface area contributed by atoms with Gasteiger partial charge in [-0.2, -0.15) is 0 Å². The van der Waals surface area contributed by atoms with Crippen molar-refractivity contribution in [3.8, 4) is 0 Å². The second-order valence-corrected chi connectivity index (χ2v) is 6.14. The number of furan rings is 1. The Morgan fingerprint density at radius 1 is 1.00 bits per heavy atom. The quantitative estimate of drug-likeness (QED) is 0.458. The Hall–Kier alpha value is -0.590. The highest BCUT2D eigenvalue weighted by atomic mass is 79.9. The summed E-state index contributed by atoms with van der Waals surface area (Å²) in [5.74, 6) is 0. The van der Waals surface area contributed by atoms with Crippen LogP contribution in [0.15, 0.2) is 39.4 Å². The first-order chi connectivity index (χ1) is 8.50. The molecule has 92 valence electrons. The van der Waals surface area contributed by atoms with E-state index in [2.05, 4.69) is 47.8 Å². The topological polar surface area (TPSA) is 43.4 Å². The van der Waals surface area contributed by atoms with E-state index in [1.54, 1.807) is 6.07 Å². The Labute approximate surface area is 127 Å². The predicted molar refractivity (Wildman–Crippen MR) is 80.1 cm³/mol. The molecule has 0 aliphatic rings.